The molecule has 0 bridgehead atoms. The second kappa shape index (κ2) is 5.80. The molecule has 0 aromatic carbocycles. The van der Waals surface area contributed by atoms with Crippen molar-refractivity contribution in [1.82, 2.24) is 4.31 Å². The minimum absolute atomic E-state index is 0.0467. The van der Waals surface area contributed by atoms with Gasteiger partial charge in [-0.2, -0.15) is 5.26 Å². The topological polar surface area (TPSA) is 87.2 Å². The lowest BCUT2D eigenvalue weighted by atomic mass is 9.85. The summed E-state index contributed by atoms with van der Waals surface area (Å²) in [6.07, 6.45) is 3.96. The first-order valence-electron chi connectivity index (χ1n) is 6.01. The lowest BCUT2D eigenvalue weighted by Crippen LogP contribution is -2.48. The van der Waals surface area contributed by atoms with Crippen LogP contribution in [0.5, 0.6) is 0 Å². The van der Waals surface area contributed by atoms with Gasteiger partial charge in [-0.3, -0.25) is 0 Å². The molecule has 0 aromatic rings. The molecule has 6 heteroatoms. The van der Waals surface area contributed by atoms with Gasteiger partial charge >= 0.3 is 0 Å². The maximum Gasteiger partial charge on any atom is 0.230 e. The molecule has 0 aromatic heterocycles. The molecule has 0 aliphatic heterocycles. The molecule has 0 heterocycles. The summed E-state index contributed by atoms with van der Waals surface area (Å²) in [5.41, 5.74) is 5.70. The number of nitrogens with two attached hydrogens (primary N) is 1. The number of sulfonamides is 1. The molecule has 0 spiro atoms. The molecule has 3 atom stereocenters. The van der Waals surface area contributed by atoms with Crippen LogP contribution in [0.1, 0.15) is 32.6 Å². The van der Waals surface area contributed by atoms with Gasteiger partial charge < -0.3 is 5.73 Å². The highest BCUT2D eigenvalue weighted by Gasteiger charge is 2.36. The van der Waals surface area contributed by atoms with Crippen LogP contribution in [0.3, 0.4) is 0 Å². The molecule has 1 aliphatic rings. The summed E-state index contributed by atoms with van der Waals surface area (Å²) in [5, 5.41) is 7.77. The molecule has 3 unspecified atom stereocenters. The molecular weight excluding hydrogens is 238 g/mol. The summed E-state index contributed by atoms with van der Waals surface area (Å²) in [5.74, 6) is 0.217. The van der Waals surface area contributed by atoms with Gasteiger partial charge in [-0.05, 0) is 32.2 Å². The molecule has 98 valence electrons. The van der Waals surface area contributed by atoms with Crippen LogP contribution in [0.25, 0.3) is 0 Å². The molecule has 0 radical (unpaired) electrons. The molecule has 17 heavy (non-hydrogen) atoms. The van der Waals surface area contributed by atoms with Crippen LogP contribution in [0.4, 0.5) is 0 Å². The van der Waals surface area contributed by atoms with E-state index in [2.05, 4.69) is 0 Å². The number of hydrogen-bond acceptors (Lipinski definition) is 4. The van der Waals surface area contributed by atoms with Crippen LogP contribution in [0.2, 0.25) is 0 Å². The van der Waals surface area contributed by atoms with Crippen LogP contribution in [0.15, 0.2) is 0 Å². The summed E-state index contributed by atoms with van der Waals surface area (Å²) in [4.78, 5) is 0. The first-order valence-corrected chi connectivity index (χ1v) is 7.52. The summed E-state index contributed by atoms with van der Waals surface area (Å²) in [6.45, 7) is 1.93. The Hall–Kier alpha value is -0.640. The van der Waals surface area contributed by atoms with Crippen molar-refractivity contribution in [3.8, 4) is 6.07 Å². The number of rotatable bonds is 4. The van der Waals surface area contributed by atoms with E-state index < -0.39 is 15.3 Å². The van der Waals surface area contributed by atoms with Crippen molar-refractivity contribution in [2.45, 2.75) is 43.9 Å². The van der Waals surface area contributed by atoms with Crippen LogP contribution < -0.4 is 5.73 Å². The average molecular weight is 259 g/mol. The normalized spacial score (nSPS) is 27.7. The van der Waals surface area contributed by atoms with E-state index in [1.807, 2.05) is 0 Å². The van der Waals surface area contributed by atoms with Gasteiger partial charge in [0, 0.05) is 13.1 Å². The Labute approximate surface area is 104 Å². The fraction of sp³-hybridized carbons (Fsp3) is 0.909. The van der Waals surface area contributed by atoms with Gasteiger partial charge in [0.25, 0.3) is 0 Å². The highest BCUT2D eigenvalue weighted by Crippen LogP contribution is 2.29. The fourth-order valence-corrected chi connectivity index (χ4v) is 3.73. The standard InChI is InChI=1S/C11H21N3O2S/c1-9(7-12)17(15,16)14(2)11-6-4-3-5-10(11)8-13/h9-11H,3-6,8,13H2,1-2H3. The second-order valence-corrected chi connectivity index (χ2v) is 6.99. The van der Waals surface area contributed by atoms with Crippen molar-refractivity contribution >= 4 is 10.0 Å². The van der Waals surface area contributed by atoms with E-state index in [4.69, 9.17) is 11.0 Å². The largest absolute Gasteiger partial charge is 0.330 e. The molecule has 1 saturated carbocycles. The minimum atomic E-state index is -3.52. The van der Waals surface area contributed by atoms with Crippen molar-refractivity contribution in [2.24, 2.45) is 11.7 Å². The third kappa shape index (κ3) is 2.97. The van der Waals surface area contributed by atoms with E-state index in [0.717, 1.165) is 25.7 Å². The quantitative estimate of drug-likeness (QED) is 0.804. The fourth-order valence-electron chi connectivity index (χ4n) is 2.45. The smallest absolute Gasteiger partial charge is 0.230 e. The van der Waals surface area contributed by atoms with Gasteiger partial charge in [-0.25, -0.2) is 12.7 Å². The zero-order valence-corrected chi connectivity index (χ0v) is 11.3. The second-order valence-electron chi connectivity index (χ2n) is 4.68. The SMILES string of the molecule is CC(C#N)S(=O)(=O)N(C)C1CCCCC1CN. The Morgan fingerprint density at radius 3 is 2.59 bits per heavy atom. The van der Waals surface area contributed by atoms with E-state index in [1.54, 1.807) is 13.1 Å². The molecular formula is C11H21N3O2S. The van der Waals surface area contributed by atoms with Gasteiger partial charge in [-0.1, -0.05) is 12.8 Å². The van der Waals surface area contributed by atoms with Crippen LogP contribution in [-0.4, -0.2) is 37.6 Å². The Kier molecular flexibility index (Phi) is 4.92. The van der Waals surface area contributed by atoms with Crippen molar-refractivity contribution in [1.29, 1.82) is 5.26 Å². The highest BCUT2D eigenvalue weighted by molar-refractivity contribution is 7.89. The molecule has 0 saturated heterocycles. The average Bonchev–Trinajstić information content (AvgIpc) is 2.36. The third-order valence-corrected chi connectivity index (χ3v) is 5.74. The number of hydrogen-bond donors (Lipinski definition) is 1. The van der Waals surface area contributed by atoms with E-state index in [9.17, 15) is 8.42 Å². The predicted molar refractivity (Wildman–Crippen MR) is 66.6 cm³/mol. The van der Waals surface area contributed by atoms with E-state index in [0.29, 0.717) is 6.54 Å². The lowest BCUT2D eigenvalue weighted by Gasteiger charge is -2.37. The van der Waals surface area contributed by atoms with Crippen LogP contribution in [0, 0.1) is 17.2 Å². The lowest BCUT2D eigenvalue weighted by molar-refractivity contribution is 0.204. The van der Waals surface area contributed by atoms with Crippen LogP contribution in [-0.2, 0) is 10.0 Å². The van der Waals surface area contributed by atoms with Gasteiger partial charge in [0.15, 0.2) is 5.25 Å². The van der Waals surface area contributed by atoms with Gasteiger partial charge in [-0.15, -0.1) is 0 Å². The van der Waals surface area contributed by atoms with Crippen molar-refractivity contribution in [2.75, 3.05) is 13.6 Å². The van der Waals surface area contributed by atoms with Crippen molar-refractivity contribution < 1.29 is 8.42 Å². The molecule has 2 N–H and O–H groups in total. The number of nitriles is 1. The predicted octanol–water partition coefficient (Wildman–Crippen LogP) is 0.678. The van der Waals surface area contributed by atoms with E-state index in [-0.39, 0.29) is 12.0 Å². The monoisotopic (exact) mass is 259 g/mol. The van der Waals surface area contributed by atoms with Crippen molar-refractivity contribution in [3.63, 3.8) is 0 Å². The summed E-state index contributed by atoms with van der Waals surface area (Å²) < 4.78 is 25.5. The molecule has 0 amide bonds. The molecule has 1 rings (SSSR count). The maximum atomic E-state index is 12.1. The first kappa shape index (κ1) is 14.4. The van der Waals surface area contributed by atoms with Gasteiger partial charge in [0.1, 0.15) is 0 Å². The Balaban J connectivity index is 2.88. The Bertz CT molecular complexity index is 388. The molecule has 1 aliphatic carbocycles. The summed E-state index contributed by atoms with van der Waals surface area (Å²) in [7, 11) is -1.94. The van der Waals surface area contributed by atoms with E-state index in [1.165, 1.54) is 11.2 Å². The van der Waals surface area contributed by atoms with Gasteiger partial charge in [0.2, 0.25) is 10.0 Å². The maximum absolute atomic E-state index is 12.1. The minimum Gasteiger partial charge on any atom is -0.330 e. The Morgan fingerprint density at radius 2 is 2.06 bits per heavy atom. The highest BCUT2D eigenvalue weighted by atomic mass is 32.2. The van der Waals surface area contributed by atoms with Gasteiger partial charge in [0.05, 0.1) is 6.07 Å². The van der Waals surface area contributed by atoms with Crippen molar-refractivity contribution in [3.05, 3.63) is 0 Å². The zero-order valence-electron chi connectivity index (χ0n) is 10.5. The third-order valence-electron chi connectivity index (χ3n) is 3.67. The summed E-state index contributed by atoms with van der Waals surface area (Å²) in [6, 6.07) is 1.75. The first-order chi connectivity index (χ1) is 7.95. The molecule has 5 nitrogen and oxygen atoms in total. The Morgan fingerprint density at radius 1 is 1.47 bits per heavy atom. The molecule has 1 fully saturated rings. The zero-order chi connectivity index (χ0) is 13.1. The summed E-state index contributed by atoms with van der Waals surface area (Å²) >= 11 is 0. The van der Waals surface area contributed by atoms with E-state index >= 15 is 0 Å². The number of nitrogens with zero attached hydrogens (tertiary/aromatic N) is 2. The van der Waals surface area contributed by atoms with Crippen LogP contribution >= 0.6 is 0 Å².